The lowest BCUT2D eigenvalue weighted by molar-refractivity contribution is 0.00835. The average Bonchev–Trinajstić information content (AvgIpc) is 2.65. The summed E-state index contributed by atoms with van der Waals surface area (Å²) in [5.41, 5.74) is 0.506. The highest BCUT2D eigenvalue weighted by Crippen LogP contribution is 2.11. The first-order valence-electron chi connectivity index (χ1n) is 8.46. The van der Waals surface area contributed by atoms with E-state index in [9.17, 15) is 9.50 Å². The molecule has 1 saturated heterocycles. The molecular formula is C18H23FN4O2. The van der Waals surface area contributed by atoms with Crippen LogP contribution in [0, 0.1) is 5.82 Å². The van der Waals surface area contributed by atoms with Crippen molar-refractivity contribution in [1.82, 2.24) is 14.9 Å². The molecule has 1 aromatic heterocycles. The summed E-state index contributed by atoms with van der Waals surface area (Å²) in [5.74, 6) is 0.465. The zero-order valence-electron chi connectivity index (χ0n) is 14.1. The Kier molecular flexibility index (Phi) is 6.27. The van der Waals surface area contributed by atoms with E-state index in [0.29, 0.717) is 12.1 Å². The molecule has 1 aliphatic heterocycles. The van der Waals surface area contributed by atoms with Crippen LogP contribution in [-0.2, 0) is 11.3 Å². The molecule has 0 amide bonds. The van der Waals surface area contributed by atoms with Gasteiger partial charge in [-0.1, -0.05) is 18.2 Å². The van der Waals surface area contributed by atoms with Crippen molar-refractivity contribution in [2.75, 3.05) is 44.2 Å². The Morgan fingerprint density at radius 2 is 1.80 bits per heavy atom. The summed E-state index contributed by atoms with van der Waals surface area (Å²) in [6, 6.07) is 8.32. The number of anilines is 1. The number of hydrogen-bond acceptors (Lipinski definition) is 6. The molecule has 0 saturated carbocycles. The Labute approximate surface area is 146 Å². The molecule has 0 unspecified atom stereocenters. The number of nitrogens with zero attached hydrogens (tertiary/aromatic N) is 4. The van der Waals surface area contributed by atoms with Gasteiger partial charge in [0.1, 0.15) is 5.82 Å². The summed E-state index contributed by atoms with van der Waals surface area (Å²) >= 11 is 0. The summed E-state index contributed by atoms with van der Waals surface area (Å²) in [6.07, 6.45) is 2.89. The second-order valence-electron chi connectivity index (χ2n) is 6.10. The zero-order valence-corrected chi connectivity index (χ0v) is 14.1. The van der Waals surface area contributed by atoms with E-state index in [2.05, 4.69) is 19.8 Å². The minimum atomic E-state index is -0.591. The molecule has 0 aliphatic carbocycles. The van der Waals surface area contributed by atoms with E-state index < -0.39 is 6.10 Å². The molecule has 1 aromatic carbocycles. The molecule has 2 heterocycles. The van der Waals surface area contributed by atoms with Crippen LogP contribution in [0.4, 0.5) is 10.3 Å². The summed E-state index contributed by atoms with van der Waals surface area (Å²) in [4.78, 5) is 12.8. The highest BCUT2D eigenvalue weighted by molar-refractivity contribution is 5.29. The third-order valence-electron chi connectivity index (χ3n) is 4.20. The van der Waals surface area contributed by atoms with Crippen molar-refractivity contribution in [1.29, 1.82) is 0 Å². The molecule has 134 valence electrons. The smallest absolute Gasteiger partial charge is 0.225 e. The van der Waals surface area contributed by atoms with Crippen LogP contribution in [0.25, 0.3) is 0 Å². The van der Waals surface area contributed by atoms with E-state index >= 15 is 0 Å². The zero-order chi connectivity index (χ0) is 17.5. The second-order valence-corrected chi connectivity index (χ2v) is 6.10. The van der Waals surface area contributed by atoms with Crippen molar-refractivity contribution in [3.05, 3.63) is 54.1 Å². The van der Waals surface area contributed by atoms with E-state index in [1.165, 1.54) is 6.07 Å². The molecular weight excluding hydrogens is 323 g/mol. The Morgan fingerprint density at radius 3 is 2.52 bits per heavy atom. The third kappa shape index (κ3) is 5.19. The number of ether oxygens (including phenoxy) is 1. The number of aliphatic hydroxyl groups excluding tert-OH is 1. The summed E-state index contributed by atoms with van der Waals surface area (Å²) in [7, 11) is 0. The highest BCUT2D eigenvalue weighted by Gasteiger charge is 2.20. The molecule has 1 aliphatic rings. The standard InChI is InChI=1S/C18H23FN4O2/c19-17-5-2-1-4-15(17)13-25-14-16(24)12-22-8-10-23(11-9-22)18-20-6-3-7-21-18/h1-7,16,24H,8-14H2/t16-/m0/s1. The molecule has 6 nitrogen and oxygen atoms in total. The molecule has 7 heteroatoms. The van der Waals surface area contributed by atoms with E-state index in [0.717, 1.165) is 32.1 Å². The van der Waals surface area contributed by atoms with Crippen molar-refractivity contribution in [3.63, 3.8) is 0 Å². The van der Waals surface area contributed by atoms with Gasteiger partial charge in [0.2, 0.25) is 5.95 Å². The lowest BCUT2D eigenvalue weighted by Gasteiger charge is -2.35. The molecule has 0 bridgehead atoms. The normalized spacial score (nSPS) is 16.8. The largest absolute Gasteiger partial charge is 0.389 e. The van der Waals surface area contributed by atoms with E-state index in [1.807, 2.05) is 0 Å². The van der Waals surface area contributed by atoms with E-state index in [-0.39, 0.29) is 19.0 Å². The van der Waals surface area contributed by atoms with Gasteiger partial charge in [0.15, 0.2) is 0 Å². The Morgan fingerprint density at radius 1 is 1.08 bits per heavy atom. The minimum Gasteiger partial charge on any atom is -0.389 e. The number of halogens is 1. The summed E-state index contributed by atoms with van der Waals surface area (Å²) in [6.45, 7) is 4.23. The van der Waals surface area contributed by atoms with E-state index in [1.54, 1.807) is 36.7 Å². The predicted octanol–water partition coefficient (Wildman–Crippen LogP) is 1.32. The summed E-state index contributed by atoms with van der Waals surface area (Å²) in [5, 5.41) is 10.1. The Bertz CT molecular complexity index is 651. The lowest BCUT2D eigenvalue weighted by Crippen LogP contribution is -2.49. The van der Waals surface area contributed by atoms with Crippen molar-refractivity contribution in [3.8, 4) is 0 Å². The maximum atomic E-state index is 13.5. The monoisotopic (exact) mass is 346 g/mol. The molecule has 0 radical (unpaired) electrons. The van der Waals surface area contributed by atoms with Crippen LogP contribution >= 0.6 is 0 Å². The van der Waals surface area contributed by atoms with Crippen LogP contribution in [0.2, 0.25) is 0 Å². The number of rotatable bonds is 7. The highest BCUT2D eigenvalue weighted by atomic mass is 19.1. The molecule has 25 heavy (non-hydrogen) atoms. The predicted molar refractivity (Wildman–Crippen MR) is 92.7 cm³/mol. The number of hydrogen-bond donors (Lipinski definition) is 1. The van der Waals surface area contributed by atoms with Gasteiger partial charge < -0.3 is 14.7 Å². The minimum absolute atomic E-state index is 0.170. The molecule has 0 spiro atoms. The van der Waals surface area contributed by atoms with Crippen LogP contribution in [0.15, 0.2) is 42.7 Å². The van der Waals surface area contributed by atoms with Crippen molar-refractivity contribution in [2.45, 2.75) is 12.7 Å². The molecule has 1 N–H and O–H groups in total. The lowest BCUT2D eigenvalue weighted by atomic mass is 10.2. The van der Waals surface area contributed by atoms with Crippen molar-refractivity contribution < 1.29 is 14.2 Å². The molecule has 1 fully saturated rings. The molecule has 3 rings (SSSR count). The fourth-order valence-corrected chi connectivity index (χ4v) is 2.86. The number of benzene rings is 1. The first kappa shape index (κ1) is 17.7. The van der Waals surface area contributed by atoms with Gasteiger partial charge in [-0.25, -0.2) is 14.4 Å². The SMILES string of the molecule is O[C@H](COCc1ccccc1F)CN1CCN(c2ncccn2)CC1. The van der Waals surface area contributed by atoms with Gasteiger partial charge in [0, 0.05) is 50.7 Å². The number of aliphatic hydroxyl groups is 1. The number of piperazine rings is 1. The fourth-order valence-electron chi connectivity index (χ4n) is 2.86. The summed E-state index contributed by atoms with van der Waals surface area (Å²) < 4.78 is 18.9. The first-order chi connectivity index (χ1) is 12.2. The Balaban J connectivity index is 1.36. The quantitative estimate of drug-likeness (QED) is 0.816. The third-order valence-corrected chi connectivity index (χ3v) is 4.20. The van der Waals surface area contributed by atoms with Crippen molar-refractivity contribution in [2.24, 2.45) is 0 Å². The van der Waals surface area contributed by atoms with Crippen molar-refractivity contribution >= 4 is 5.95 Å². The van der Waals surface area contributed by atoms with Gasteiger partial charge in [-0.05, 0) is 12.1 Å². The molecule has 2 aromatic rings. The fraction of sp³-hybridized carbons (Fsp3) is 0.444. The number of aromatic nitrogens is 2. The van der Waals surface area contributed by atoms with E-state index in [4.69, 9.17) is 4.74 Å². The maximum Gasteiger partial charge on any atom is 0.225 e. The van der Waals surface area contributed by atoms with Crippen LogP contribution < -0.4 is 4.90 Å². The van der Waals surface area contributed by atoms with Gasteiger partial charge in [-0.3, -0.25) is 4.90 Å². The van der Waals surface area contributed by atoms with Crippen LogP contribution in [-0.4, -0.2) is 65.4 Å². The maximum absolute atomic E-state index is 13.5. The van der Waals surface area contributed by atoms with Crippen LogP contribution in [0.1, 0.15) is 5.56 Å². The topological polar surface area (TPSA) is 61.7 Å². The van der Waals surface area contributed by atoms with Crippen LogP contribution in [0.3, 0.4) is 0 Å². The first-order valence-corrected chi connectivity index (χ1v) is 8.46. The van der Waals surface area contributed by atoms with Gasteiger partial charge in [-0.15, -0.1) is 0 Å². The van der Waals surface area contributed by atoms with Gasteiger partial charge in [0.05, 0.1) is 19.3 Å². The van der Waals surface area contributed by atoms with Gasteiger partial charge in [0.25, 0.3) is 0 Å². The number of β-amino-alcohol motifs (C(OH)–C–C–N with tert-alkyl or cyclic N) is 1. The average molecular weight is 346 g/mol. The molecule has 1 atom stereocenters. The Hall–Kier alpha value is -2.09. The van der Waals surface area contributed by atoms with Gasteiger partial charge >= 0.3 is 0 Å². The van der Waals surface area contributed by atoms with Crippen LogP contribution in [0.5, 0.6) is 0 Å². The van der Waals surface area contributed by atoms with Gasteiger partial charge in [-0.2, -0.15) is 0 Å². The second kappa shape index (κ2) is 8.84.